The highest BCUT2D eigenvalue weighted by molar-refractivity contribution is 5.45. The van der Waals surface area contributed by atoms with Gasteiger partial charge >= 0.3 is 0 Å². The van der Waals surface area contributed by atoms with Crippen molar-refractivity contribution in [3.63, 3.8) is 0 Å². The molecule has 0 fully saturated rings. The van der Waals surface area contributed by atoms with Crippen molar-refractivity contribution in [1.82, 2.24) is 10.5 Å². The molecule has 0 unspecified atom stereocenters. The van der Waals surface area contributed by atoms with Gasteiger partial charge in [0, 0.05) is 25.3 Å². The third-order valence-corrected chi connectivity index (χ3v) is 2.82. The molecule has 5 heteroatoms. The van der Waals surface area contributed by atoms with Crippen molar-refractivity contribution in [1.29, 1.82) is 0 Å². The zero-order chi connectivity index (χ0) is 13.7. The lowest BCUT2D eigenvalue weighted by atomic mass is 10.2. The molecule has 0 atom stereocenters. The second-order valence-corrected chi connectivity index (χ2v) is 4.40. The summed E-state index contributed by atoms with van der Waals surface area (Å²) in [6.45, 7) is 4.26. The Balaban J connectivity index is 1.96. The van der Waals surface area contributed by atoms with Gasteiger partial charge in [-0.15, -0.1) is 0 Å². The van der Waals surface area contributed by atoms with Crippen LogP contribution < -0.4 is 10.2 Å². The Morgan fingerprint density at radius 1 is 1.32 bits per heavy atom. The number of anilines is 1. The molecule has 0 aliphatic carbocycles. The summed E-state index contributed by atoms with van der Waals surface area (Å²) in [6, 6.07) is 8.31. The fourth-order valence-corrected chi connectivity index (χ4v) is 1.79. The first kappa shape index (κ1) is 13.5. The Kier molecular flexibility index (Phi) is 4.52. The molecule has 1 heterocycles. The summed E-state index contributed by atoms with van der Waals surface area (Å²) < 4.78 is 18.1. The number of halogens is 1. The highest BCUT2D eigenvalue weighted by atomic mass is 19.1. The van der Waals surface area contributed by atoms with Crippen molar-refractivity contribution >= 4 is 5.69 Å². The quantitative estimate of drug-likeness (QED) is 0.869. The van der Waals surface area contributed by atoms with E-state index in [0.29, 0.717) is 13.1 Å². The van der Waals surface area contributed by atoms with Crippen molar-refractivity contribution in [3.05, 3.63) is 47.6 Å². The van der Waals surface area contributed by atoms with Gasteiger partial charge < -0.3 is 14.7 Å². The lowest BCUT2D eigenvalue weighted by molar-refractivity contribution is 0.375. The van der Waals surface area contributed by atoms with Gasteiger partial charge in [0.25, 0.3) is 0 Å². The van der Waals surface area contributed by atoms with Crippen LogP contribution in [0.25, 0.3) is 0 Å². The smallest absolute Gasteiger partial charge is 0.156 e. The van der Waals surface area contributed by atoms with Crippen molar-refractivity contribution in [2.24, 2.45) is 0 Å². The zero-order valence-corrected chi connectivity index (χ0v) is 11.2. The molecule has 19 heavy (non-hydrogen) atoms. The van der Waals surface area contributed by atoms with Gasteiger partial charge in [-0.05, 0) is 30.8 Å². The highest BCUT2D eigenvalue weighted by Crippen LogP contribution is 2.16. The van der Waals surface area contributed by atoms with Crippen LogP contribution in [-0.2, 0) is 13.1 Å². The molecule has 4 nitrogen and oxygen atoms in total. The summed E-state index contributed by atoms with van der Waals surface area (Å²) in [4.78, 5) is 1.98. The molecule has 0 spiro atoms. The molecule has 0 radical (unpaired) electrons. The number of hydrogen-bond donors (Lipinski definition) is 1. The largest absolute Gasteiger partial charge is 0.367 e. The first-order chi connectivity index (χ1) is 9.19. The van der Waals surface area contributed by atoms with E-state index in [9.17, 15) is 4.39 Å². The molecule has 1 aromatic carbocycles. The zero-order valence-electron chi connectivity index (χ0n) is 11.2. The summed E-state index contributed by atoms with van der Waals surface area (Å²) >= 11 is 0. The van der Waals surface area contributed by atoms with Crippen molar-refractivity contribution in [2.45, 2.75) is 20.0 Å². The molecule has 1 aromatic heterocycles. The van der Waals surface area contributed by atoms with Gasteiger partial charge in [-0.2, -0.15) is 0 Å². The number of benzene rings is 1. The topological polar surface area (TPSA) is 41.3 Å². The third-order valence-electron chi connectivity index (χ3n) is 2.82. The van der Waals surface area contributed by atoms with Gasteiger partial charge in [0.2, 0.25) is 0 Å². The Labute approximate surface area is 112 Å². The van der Waals surface area contributed by atoms with Crippen LogP contribution in [-0.4, -0.2) is 18.7 Å². The van der Waals surface area contributed by atoms with E-state index in [-0.39, 0.29) is 5.82 Å². The fourth-order valence-electron chi connectivity index (χ4n) is 1.79. The number of aromatic nitrogens is 1. The SMILES string of the molecule is CCNCc1cc(CN(C)c2ccc(F)cc2)on1. The monoisotopic (exact) mass is 263 g/mol. The summed E-state index contributed by atoms with van der Waals surface area (Å²) in [5, 5.41) is 7.18. The van der Waals surface area contributed by atoms with Crippen LogP contribution in [0.1, 0.15) is 18.4 Å². The van der Waals surface area contributed by atoms with Gasteiger partial charge in [0.15, 0.2) is 5.76 Å². The van der Waals surface area contributed by atoms with Crippen LogP contribution in [0.3, 0.4) is 0 Å². The van der Waals surface area contributed by atoms with E-state index in [4.69, 9.17) is 4.52 Å². The summed E-state index contributed by atoms with van der Waals surface area (Å²) in [7, 11) is 1.93. The summed E-state index contributed by atoms with van der Waals surface area (Å²) in [6.07, 6.45) is 0. The molecule has 2 rings (SSSR count). The first-order valence-electron chi connectivity index (χ1n) is 6.31. The van der Waals surface area contributed by atoms with E-state index in [1.165, 1.54) is 12.1 Å². The Bertz CT molecular complexity index is 510. The number of rotatable bonds is 6. The van der Waals surface area contributed by atoms with Crippen LogP contribution in [0.4, 0.5) is 10.1 Å². The normalized spacial score (nSPS) is 10.7. The average molecular weight is 263 g/mol. The molecule has 0 saturated carbocycles. The minimum absolute atomic E-state index is 0.232. The summed E-state index contributed by atoms with van der Waals surface area (Å²) in [5.74, 6) is 0.560. The van der Waals surface area contributed by atoms with E-state index >= 15 is 0 Å². The van der Waals surface area contributed by atoms with Crippen LogP contribution in [0, 0.1) is 5.82 Å². The number of nitrogens with zero attached hydrogens (tertiary/aromatic N) is 2. The van der Waals surface area contributed by atoms with Gasteiger partial charge in [0.05, 0.1) is 12.2 Å². The molecule has 0 bridgehead atoms. The molecule has 102 valence electrons. The standard InChI is InChI=1S/C14H18FN3O/c1-3-16-9-12-8-14(19-17-12)10-18(2)13-6-4-11(15)5-7-13/h4-8,16H,3,9-10H2,1-2H3. The minimum Gasteiger partial charge on any atom is -0.367 e. The van der Waals surface area contributed by atoms with Gasteiger partial charge in [-0.3, -0.25) is 0 Å². The Hall–Kier alpha value is -1.88. The summed E-state index contributed by atoms with van der Waals surface area (Å²) in [5.41, 5.74) is 1.83. The highest BCUT2D eigenvalue weighted by Gasteiger charge is 2.08. The van der Waals surface area contributed by atoms with E-state index in [1.807, 2.05) is 24.9 Å². The first-order valence-corrected chi connectivity index (χ1v) is 6.31. The maximum atomic E-state index is 12.8. The predicted octanol–water partition coefficient (Wildman–Crippen LogP) is 2.56. The average Bonchev–Trinajstić information content (AvgIpc) is 2.84. The van der Waals surface area contributed by atoms with Crippen molar-refractivity contribution < 1.29 is 8.91 Å². The molecule has 0 aliphatic heterocycles. The number of nitrogens with one attached hydrogen (secondary N) is 1. The minimum atomic E-state index is -0.232. The van der Waals surface area contributed by atoms with Gasteiger partial charge in [0.1, 0.15) is 5.82 Å². The lowest BCUT2D eigenvalue weighted by Crippen LogP contribution is -2.15. The van der Waals surface area contributed by atoms with Crippen molar-refractivity contribution in [3.8, 4) is 0 Å². The molecule has 0 aliphatic rings. The number of hydrogen-bond acceptors (Lipinski definition) is 4. The van der Waals surface area contributed by atoms with Gasteiger partial charge in [-0.1, -0.05) is 12.1 Å². The van der Waals surface area contributed by atoms with Crippen LogP contribution in [0.2, 0.25) is 0 Å². The fraction of sp³-hybridized carbons (Fsp3) is 0.357. The van der Waals surface area contributed by atoms with Gasteiger partial charge in [-0.25, -0.2) is 4.39 Å². The van der Waals surface area contributed by atoms with Crippen LogP contribution >= 0.6 is 0 Å². The van der Waals surface area contributed by atoms with E-state index in [1.54, 1.807) is 12.1 Å². The molecule has 0 saturated heterocycles. The Morgan fingerprint density at radius 3 is 2.74 bits per heavy atom. The Morgan fingerprint density at radius 2 is 2.05 bits per heavy atom. The van der Waals surface area contributed by atoms with E-state index < -0.39 is 0 Å². The maximum Gasteiger partial charge on any atom is 0.156 e. The second-order valence-electron chi connectivity index (χ2n) is 4.40. The second kappa shape index (κ2) is 6.33. The molecule has 0 amide bonds. The van der Waals surface area contributed by atoms with Crippen molar-refractivity contribution in [2.75, 3.05) is 18.5 Å². The van der Waals surface area contributed by atoms with E-state index in [0.717, 1.165) is 23.7 Å². The van der Waals surface area contributed by atoms with Crippen LogP contribution in [0.5, 0.6) is 0 Å². The predicted molar refractivity (Wildman–Crippen MR) is 72.4 cm³/mol. The lowest BCUT2D eigenvalue weighted by Gasteiger charge is -2.17. The van der Waals surface area contributed by atoms with E-state index in [2.05, 4.69) is 10.5 Å². The molecule has 1 N–H and O–H groups in total. The maximum absolute atomic E-state index is 12.8. The molecular formula is C14H18FN3O. The van der Waals surface area contributed by atoms with Crippen LogP contribution in [0.15, 0.2) is 34.9 Å². The third kappa shape index (κ3) is 3.79. The molecule has 2 aromatic rings. The molecular weight excluding hydrogens is 245 g/mol.